The van der Waals surface area contributed by atoms with Gasteiger partial charge in [-0.25, -0.2) is 0 Å². The van der Waals surface area contributed by atoms with Crippen molar-refractivity contribution in [3.8, 4) is 5.75 Å². The number of hydrogen-bond acceptors (Lipinski definition) is 3. The molecule has 0 aliphatic heterocycles. The number of carbonyl (C=O) groups excluding carboxylic acids is 2. The van der Waals surface area contributed by atoms with E-state index in [1.165, 1.54) is 12.5 Å². The smallest absolute Gasteiger partial charge is 0.258 e. The van der Waals surface area contributed by atoms with E-state index in [9.17, 15) is 9.59 Å². The van der Waals surface area contributed by atoms with Crippen molar-refractivity contribution in [2.45, 2.75) is 32.7 Å². The lowest BCUT2D eigenvalue weighted by molar-refractivity contribution is -0.123. The van der Waals surface area contributed by atoms with Gasteiger partial charge < -0.3 is 15.4 Å². The zero-order valence-corrected chi connectivity index (χ0v) is 14.6. The van der Waals surface area contributed by atoms with E-state index in [1.807, 2.05) is 25.1 Å². The summed E-state index contributed by atoms with van der Waals surface area (Å²) >= 11 is 0. The quantitative estimate of drug-likeness (QED) is 0.776. The molecule has 0 aliphatic carbocycles. The van der Waals surface area contributed by atoms with Crippen molar-refractivity contribution in [2.24, 2.45) is 0 Å². The molecular weight excluding hydrogens is 316 g/mol. The van der Waals surface area contributed by atoms with Crippen LogP contribution in [0.25, 0.3) is 0 Å². The summed E-state index contributed by atoms with van der Waals surface area (Å²) in [7, 11) is 0. The Balaban J connectivity index is 1.77. The molecule has 2 aromatic rings. The number of para-hydroxylation sites is 2. The Morgan fingerprint density at radius 2 is 1.72 bits per heavy atom. The van der Waals surface area contributed by atoms with Crippen molar-refractivity contribution >= 4 is 17.5 Å². The standard InChI is InChI=1S/C20H24N2O3/c1-15(12-13-17-8-4-3-5-9-17)21-20(24)14-25-19-11-7-6-10-18(19)22-16(2)23/h3-11,15H,12-14H2,1-2H3,(H,21,24)(H,22,23). The van der Waals surface area contributed by atoms with Gasteiger partial charge in [-0.3, -0.25) is 9.59 Å². The third-order valence-corrected chi connectivity index (χ3v) is 3.67. The van der Waals surface area contributed by atoms with Gasteiger partial charge in [-0.15, -0.1) is 0 Å². The van der Waals surface area contributed by atoms with E-state index >= 15 is 0 Å². The first kappa shape index (κ1) is 18.5. The van der Waals surface area contributed by atoms with Gasteiger partial charge >= 0.3 is 0 Å². The van der Waals surface area contributed by atoms with E-state index in [2.05, 4.69) is 22.8 Å². The molecule has 0 bridgehead atoms. The van der Waals surface area contributed by atoms with Gasteiger partial charge in [-0.2, -0.15) is 0 Å². The van der Waals surface area contributed by atoms with Gasteiger partial charge in [0.2, 0.25) is 5.91 Å². The molecular formula is C20H24N2O3. The fourth-order valence-corrected chi connectivity index (χ4v) is 2.45. The number of anilines is 1. The second-order valence-electron chi connectivity index (χ2n) is 5.96. The average Bonchev–Trinajstić information content (AvgIpc) is 2.59. The number of rotatable bonds is 8. The average molecular weight is 340 g/mol. The van der Waals surface area contributed by atoms with Crippen molar-refractivity contribution in [2.75, 3.05) is 11.9 Å². The van der Waals surface area contributed by atoms with Gasteiger partial charge in [0.1, 0.15) is 5.75 Å². The first-order chi connectivity index (χ1) is 12.0. The highest BCUT2D eigenvalue weighted by Crippen LogP contribution is 2.23. The second kappa shape index (κ2) is 9.47. The summed E-state index contributed by atoms with van der Waals surface area (Å²) in [5.41, 5.74) is 1.81. The molecule has 0 saturated carbocycles. The van der Waals surface area contributed by atoms with Crippen LogP contribution < -0.4 is 15.4 Å². The largest absolute Gasteiger partial charge is 0.482 e. The van der Waals surface area contributed by atoms with Crippen LogP contribution in [0.1, 0.15) is 25.8 Å². The number of carbonyl (C=O) groups is 2. The monoisotopic (exact) mass is 340 g/mol. The molecule has 0 heterocycles. The van der Waals surface area contributed by atoms with Crippen LogP contribution in [0.15, 0.2) is 54.6 Å². The fraction of sp³-hybridized carbons (Fsp3) is 0.300. The minimum absolute atomic E-state index is 0.0573. The number of aryl methyl sites for hydroxylation is 1. The Morgan fingerprint density at radius 3 is 2.44 bits per heavy atom. The Morgan fingerprint density at radius 1 is 1.04 bits per heavy atom. The molecule has 0 radical (unpaired) electrons. The Labute approximate surface area is 148 Å². The van der Waals surface area contributed by atoms with Crippen molar-refractivity contribution in [1.29, 1.82) is 0 Å². The molecule has 0 aromatic heterocycles. The maximum atomic E-state index is 12.0. The van der Waals surface area contributed by atoms with E-state index in [-0.39, 0.29) is 24.5 Å². The highest BCUT2D eigenvalue weighted by molar-refractivity contribution is 5.90. The van der Waals surface area contributed by atoms with E-state index < -0.39 is 0 Å². The van der Waals surface area contributed by atoms with Crippen LogP contribution in [-0.4, -0.2) is 24.5 Å². The van der Waals surface area contributed by atoms with Crippen LogP contribution >= 0.6 is 0 Å². The predicted molar refractivity (Wildman–Crippen MR) is 98.6 cm³/mol. The van der Waals surface area contributed by atoms with Gasteiger partial charge in [-0.1, -0.05) is 42.5 Å². The molecule has 0 saturated heterocycles. The summed E-state index contributed by atoms with van der Waals surface area (Å²) in [5, 5.41) is 5.61. The molecule has 2 amide bonds. The molecule has 5 nitrogen and oxygen atoms in total. The fourth-order valence-electron chi connectivity index (χ4n) is 2.45. The normalized spacial score (nSPS) is 11.4. The molecule has 0 fully saturated rings. The zero-order chi connectivity index (χ0) is 18.1. The van der Waals surface area contributed by atoms with E-state index in [1.54, 1.807) is 24.3 Å². The minimum atomic E-state index is -0.185. The lowest BCUT2D eigenvalue weighted by Crippen LogP contribution is -2.36. The molecule has 5 heteroatoms. The first-order valence-corrected chi connectivity index (χ1v) is 8.37. The number of nitrogens with one attached hydrogen (secondary N) is 2. The number of ether oxygens (including phenoxy) is 1. The number of amides is 2. The van der Waals surface area contributed by atoms with Crippen molar-refractivity contribution in [1.82, 2.24) is 5.32 Å². The second-order valence-corrected chi connectivity index (χ2v) is 5.96. The molecule has 25 heavy (non-hydrogen) atoms. The molecule has 1 atom stereocenters. The van der Waals surface area contributed by atoms with E-state index in [4.69, 9.17) is 4.74 Å². The van der Waals surface area contributed by atoms with Crippen LogP contribution in [0.4, 0.5) is 5.69 Å². The van der Waals surface area contributed by atoms with Gasteiger partial charge in [0, 0.05) is 13.0 Å². The van der Waals surface area contributed by atoms with Crippen LogP contribution in [0.3, 0.4) is 0 Å². The molecule has 2 aromatic carbocycles. The molecule has 2 rings (SSSR count). The molecule has 1 unspecified atom stereocenters. The summed E-state index contributed by atoms with van der Waals surface area (Å²) in [6, 6.07) is 17.3. The Kier molecular flexibility index (Phi) is 7.01. The third-order valence-electron chi connectivity index (χ3n) is 3.67. The summed E-state index contributed by atoms with van der Waals surface area (Å²) in [4.78, 5) is 23.2. The van der Waals surface area contributed by atoms with Gasteiger partial charge in [0.25, 0.3) is 5.91 Å². The van der Waals surface area contributed by atoms with E-state index in [0.717, 1.165) is 12.8 Å². The maximum Gasteiger partial charge on any atom is 0.258 e. The number of hydrogen-bond donors (Lipinski definition) is 2. The molecule has 132 valence electrons. The zero-order valence-electron chi connectivity index (χ0n) is 14.6. The maximum absolute atomic E-state index is 12.0. The lowest BCUT2D eigenvalue weighted by Gasteiger charge is -2.15. The first-order valence-electron chi connectivity index (χ1n) is 8.37. The molecule has 2 N–H and O–H groups in total. The Bertz CT molecular complexity index is 701. The van der Waals surface area contributed by atoms with Crippen molar-refractivity contribution in [3.05, 3.63) is 60.2 Å². The highest BCUT2D eigenvalue weighted by Gasteiger charge is 2.10. The summed E-state index contributed by atoms with van der Waals surface area (Å²) in [6.45, 7) is 3.32. The van der Waals surface area contributed by atoms with Crippen LogP contribution in [0.5, 0.6) is 5.75 Å². The van der Waals surface area contributed by atoms with Crippen molar-refractivity contribution < 1.29 is 14.3 Å². The Hall–Kier alpha value is -2.82. The van der Waals surface area contributed by atoms with Crippen LogP contribution in [-0.2, 0) is 16.0 Å². The molecule has 0 aliphatic rings. The summed E-state index contributed by atoms with van der Waals surface area (Å²) in [5.74, 6) is 0.109. The van der Waals surface area contributed by atoms with Crippen LogP contribution in [0, 0.1) is 0 Å². The van der Waals surface area contributed by atoms with E-state index in [0.29, 0.717) is 11.4 Å². The SMILES string of the molecule is CC(=O)Nc1ccccc1OCC(=O)NC(C)CCc1ccccc1. The third kappa shape index (κ3) is 6.67. The van der Waals surface area contributed by atoms with Crippen LogP contribution in [0.2, 0.25) is 0 Å². The summed E-state index contributed by atoms with van der Waals surface area (Å²) in [6.07, 6.45) is 1.77. The highest BCUT2D eigenvalue weighted by atomic mass is 16.5. The topological polar surface area (TPSA) is 67.4 Å². The predicted octanol–water partition coefficient (Wildman–Crippen LogP) is 3.16. The summed E-state index contributed by atoms with van der Waals surface area (Å²) < 4.78 is 5.54. The number of benzene rings is 2. The van der Waals surface area contributed by atoms with Crippen molar-refractivity contribution in [3.63, 3.8) is 0 Å². The van der Waals surface area contributed by atoms with Gasteiger partial charge in [0.15, 0.2) is 6.61 Å². The minimum Gasteiger partial charge on any atom is -0.482 e. The molecule has 0 spiro atoms. The lowest BCUT2D eigenvalue weighted by atomic mass is 10.1. The van der Waals surface area contributed by atoms with Gasteiger partial charge in [0.05, 0.1) is 5.69 Å². The van der Waals surface area contributed by atoms with Gasteiger partial charge in [-0.05, 0) is 37.5 Å².